The number of benzene rings is 1. The van der Waals surface area contributed by atoms with Crippen LogP contribution in [0.25, 0.3) is 0 Å². The van der Waals surface area contributed by atoms with Gasteiger partial charge in [0.2, 0.25) is 5.91 Å². The summed E-state index contributed by atoms with van der Waals surface area (Å²) in [5.74, 6) is 0.678. The van der Waals surface area contributed by atoms with Crippen molar-refractivity contribution in [3.63, 3.8) is 0 Å². The van der Waals surface area contributed by atoms with Crippen LogP contribution < -0.4 is 5.73 Å². The van der Waals surface area contributed by atoms with Crippen molar-refractivity contribution in [3.05, 3.63) is 35.9 Å². The zero-order valence-electron chi connectivity index (χ0n) is 13.6. The minimum absolute atomic E-state index is 0. The van der Waals surface area contributed by atoms with E-state index < -0.39 is 5.54 Å². The van der Waals surface area contributed by atoms with Crippen molar-refractivity contribution in [1.29, 1.82) is 0 Å². The summed E-state index contributed by atoms with van der Waals surface area (Å²) in [6, 6.07) is 10.5. The Morgan fingerprint density at radius 2 is 1.96 bits per heavy atom. The lowest BCUT2D eigenvalue weighted by atomic mass is 9.86. The third-order valence-corrected chi connectivity index (χ3v) is 4.98. The Morgan fingerprint density at radius 3 is 2.65 bits per heavy atom. The number of nitrogens with zero attached hydrogens (tertiary/aromatic N) is 1. The Labute approximate surface area is 144 Å². The van der Waals surface area contributed by atoms with Crippen molar-refractivity contribution < 1.29 is 9.53 Å². The number of amides is 1. The summed E-state index contributed by atoms with van der Waals surface area (Å²) in [6.07, 6.45) is 4.61. The van der Waals surface area contributed by atoms with Gasteiger partial charge in [-0.2, -0.15) is 0 Å². The number of likely N-dealkylation sites (tertiary alicyclic amines) is 1. The van der Waals surface area contributed by atoms with Gasteiger partial charge in [0.15, 0.2) is 0 Å². The van der Waals surface area contributed by atoms with E-state index in [0.717, 1.165) is 25.9 Å². The molecule has 0 aromatic heterocycles. The first-order chi connectivity index (χ1) is 10.7. The zero-order chi connectivity index (χ0) is 15.4. The molecule has 0 aliphatic carbocycles. The van der Waals surface area contributed by atoms with Crippen LogP contribution in [0, 0.1) is 5.92 Å². The molecule has 23 heavy (non-hydrogen) atoms. The van der Waals surface area contributed by atoms with Gasteiger partial charge < -0.3 is 15.4 Å². The Hall–Kier alpha value is -1.10. The van der Waals surface area contributed by atoms with Crippen LogP contribution in [0.4, 0.5) is 0 Å². The molecule has 2 aliphatic rings. The molecule has 2 N–H and O–H groups in total. The summed E-state index contributed by atoms with van der Waals surface area (Å²) in [6.45, 7) is 2.89. The van der Waals surface area contributed by atoms with Gasteiger partial charge in [-0.05, 0) is 43.6 Å². The molecule has 0 bridgehead atoms. The van der Waals surface area contributed by atoms with Crippen molar-refractivity contribution in [2.24, 2.45) is 11.7 Å². The second-order valence-corrected chi connectivity index (χ2v) is 6.72. The standard InChI is InChI=1S/C18H26N2O2.ClH/c19-18(8-11-22-12-9-18)17(21)20-10-4-7-16(14-20)13-15-5-2-1-3-6-15;/h1-3,5-6,16H,4,7-14,19H2;1H. The van der Waals surface area contributed by atoms with Crippen LogP contribution in [0.1, 0.15) is 31.2 Å². The summed E-state index contributed by atoms with van der Waals surface area (Å²) in [4.78, 5) is 14.8. The molecule has 2 heterocycles. The summed E-state index contributed by atoms with van der Waals surface area (Å²) in [5.41, 5.74) is 7.02. The lowest BCUT2D eigenvalue weighted by molar-refractivity contribution is -0.142. The molecule has 3 rings (SSSR count). The summed E-state index contributed by atoms with van der Waals surface area (Å²) in [7, 11) is 0. The van der Waals surface area contributed by atoms with Gasteiger partial charge in [-0.15, -0.1) is 12.4 Å². The maximum atomic E-state index is 12.8. The minimum atomic E-state index is -0.702. The Kier molecular flexibility index (Phi) is 6.45. The molecule has 128 valence electrons. The molecule has 5 heteroatoms. The van der Waals surface area contributed by atoms with E-state index >= 15 is 0 Å². The molecule has 1 atom stereocenters. The molecule has 4 nitrogen and oxygen atoms in total. The number of carbonyl (C=O) groups excluding carboxylic acids is 1. The maximum Gasteiger partial charge on any atom is 0.242 e. The highest BCUT2D eigenvalue weighted by Crippen LogP contribution is 2.26. The van der Waals surface area contributed by atoms with E-state index in [1.165, 1.54) is 12.0 Å². The normalized spacial score (nSPS) is 23.9. The van der Waals surface area contributed by atoms with Gasteiger partial charge >= 0.3 is 0 Å². The van der Waals surface area contributed by atoms with E-state index in [4.69, 9.17) is 10.5 Å². The summed E-state index contributed by atoms with van der Waals surface area (Å²) < 4.78 is 5.35. The Balaban J connectivity index is 0.00000192. The van der Waals surface area contributed by atoms with Crippen molar-refractivity contribution in [3.8, 4) is 0 Å². The van der Waals surface area contributed by atoms with E-state index in [2.05, 4.69) is 24.3 Å². The number of nitrogens with two attached hydrogens (primary N) is 1. The van der Waals surface area contributed by atoms with Crippen molar-refractivity contribution in [2.75, 3.05) is 26.3 Å². The monoisotopic (exact) mass is 338 g/mol. The van der Waals surface area contributed by atoms with Gasteiger partial charge in [-0.1, -0.05) is 30.3 Å². The quantitative estimate of drug-likeness (QED) is 0.920. The van der Waals surface area contributed by atoms with E-state index in [1.54, 1.807) is 0 Å². The van der Waals surface area contributed by atoms with Gasteiger partial charge in [0.1, 0.15) is 0 Å². The number of hydrogen-bond acceptors (Lipinski definition) is 3. The van der Waals surface area contributed by atoms with E-state index in [1.807, 2.05) is 11.0 Å². The lowest BCUT2D eigenvalue weighted by Crippen LogP contribution is -2.59. The first-order valence-corrected chi connectivity index (χ1v) is 8.37. The van der Waals surface area contributed by atoms with E-state index in [9.17, 15) is 4.79 Å². The SMILES string of the molecule is Cl.NC1(C(=O)N2CCCC(Cc3ccccc3)C2)CCOCC1. The fourth-order valence-electron chi connectivity index (χ4n) is 3.63. The van der Waals surface area contributed by atoms with Gasteiger partial charge in [0, 0.05) is 26.3 Å². The third kappa shape index (κ3) is 4.46. The number of ether oxygens (including phenoxy) is 1. The van der Waals surface area contributed by atoms with Crippen molar-refractivity contribution in [2.45, 2.75) is 37.6 Å². The van der Waals surface area contributed by atoms with Crippen molar-refractivity contribution >= 4 is 18.3 Å². The number of carbonyl (C=O) groups is 1. The van der Waals surface area contributed by atoms with Crippen LogP contribution in [0.15, 0.2) is 30.3 Å². The van der Waals surface area contributed by atoms with Gasteiger partial charge in [-0.3, -0.25) is 4.79 Å². The molecule has 1 unspecified atom stereocenters. The number of piperidine rings is 1. The zero-order valence-corrected chi connectivity index (χ0v) is 14.4. The highest BCUT2D eigenvalue weighted by molar-refractivity contribution is 5.86. The molecule has 1 aromatic rings. The average molecular weight is 339 g/mol. The molecule has 0 spiro atoms. The summed E-state index contributed by atoms with van der Waals surface area (Å²) in [5, 5.41) is 0. The van der Waals surface area contributed by atoms with Crippen LogP contribution in [0.3, 0.4) is 0 Å². The van der Waals surface area contributed by atoms with Crippen LogP contribution in [-0.4, -0.2) is 42.6 Å². The Bertz CT molecular complexity index is 503. The van der Waals surface area contributed by atoms with E-state index in [0.29, 0.717) is 32.0 Å². The van der Waals surface area contributed by atoms with Gasteiger partial charge in [-0.25, -0.2) is 0 Å². The first-order valence-electron chi connectivity index (χ1n) is 8.37. The number of rotatable bonds is 3. The number of hydrogen-bond donors (Lipinski definition) is 1. The maximum absolute atomic E-state index is 12.8. The first kappa shape index (κ1) is 18.2. The van der Waals surface area contributed by atoms with Crippen LogP contribution >= 0.6 is 12.4 Å². The van der Waals surface area contributed by atoms with E-state index in [-0.39, 0.29) is 18.3 Å². The fourth-order valence-corrected chi connectivity index (χ4v) is 3.63. The topological polar surface area (TPSA) is 55.6 Å². The molecule has 2 fully saturated rings. The Morgan fingerprint density at radius 1 is 1.26 bits per heavy atom. The largest absolute Gasteiger partial charge is 0.381 e. The number of halogens is 1. The van der Waals surface area contributed by atoms with Crippen LogP contribution in [0.5, 0.6) is 0 Å². The fraction of sp³-hybridized carbons (Fsp3) is 0.611. The third-order valence-electron chi connectivity index (χ3n) is 4.98. The predicted octanol–water partition coefficient (Wildman–Crippen LogP) is 2.40. The molecule has 0 saturated carbocycles. The molecule has 1 amide bonds. The second kappa shape index (κ2) is 8.13. The molecular formula is C18H27ClN2O2. The van der Waals surface area contributed by atoms with Crippen LogP contribution in [-0.2, 0) is 16.0 Å². The molecule has 2 aliphatic heterocycles. The smallest absolute Gasteiger partial charge is 0.242 e. The molecule has 2 saturated heterocycles. The molecule has 1 aromatic carbocycles. The molecular weight excluding hydrogens is 312 g/mol. The predicted molar refractivity (Wildman–Crippen MR) is 93.7 cm³/mol. The van der Waals surface area contributed by atoms with Gasteiger partial charge in [0.25, 0.3) is 0 Å². The van der Waals surface area contributed by atoms with Crippen molar-refractivity contribution in [1.82, 2.24) is 4.90 Å². The molecule has 0 radical (unpaired) electrons. The highest BCUT2D eigenvalue weighted by Gasteiger charge is 2.40. The lowest BCUT2D eigenvalue weighted by Gasteiger charge is -2.40. The average Bonchev–Trinajstić information content (AvgIpc) is 2.56. The summed E-state index contributed by atoms with van der Waals surface area (Å²) >= 11 is 0. The van der Waals surface area contributed by atoms with Crippen LogP contribution in [0.2, 0.25) is 0 Å². The highest BCUT2D eigenvalue weighted by atomic mass is 35.5. The van der Waals surface area contributed by atoms with Gasteiger partial charge in [0.05, 0.1) is 5.54 Å². The minimum Gasteiger partial charge on any atom is -0.381 e. The second-order valence-electron chi connectivity index (χ2n) is 6.72.